The maximum absolute atomic E-state index is 5.46. The van der Waals surface area contributed by atoms with Gasteiger partial charge >= 0.3 is 0 Å². The summed E-state index contributed by atoms with van der Waals surface area (Å²) in [4.78, 5) is 14.1. The van der Waals surface area contributed by atoms with Crippen molar-refractivity contribution in [1.82, 2.24) is 9.97 Å². The van der Waals surface area contributed by atoms with Crippen LogP contribution in [-0.2, 0) is 4.74 Å². The first kappa shape index (κ1) is 16.8. The quantitative estimate of drug-likeness (QED) is 0.865. The Labute approximate surface area is 137 Å². The van der Waals surface area contributed by atoms with Gasteiger partial charge in [-0.15, -0.1) is 12.4 Å². The van der Waals surface area contributed by atoms with E-state index in [4.69, 9.17) is 14.7 Å². The molecule has 5 nitrogen and oxygen atoms in total. The van der Waals surface area contributed by atoms with Gasteiger partial charge in [0, 0.05) is 31.6 Å². The van der Waals surface area contributed by atoms with E-state index in [1.165, 1.54) is 0 Å². The van der Waals surface area contributed by atoms with Crippen molar-refractivity contribution in [2.75, 3.05) is 49.2 Å². The summed E-state index contributed by atoms with van der Waals surface area (Å²) in [5, 5.41) is 1.12. The van der Waals surface area contributed by atoms with E-state index in [0.29, 0.717) is 0 Å². The highest BCUT2D eigenvalue weighted by atomic mass is 35.5. The molecule has 1 aromatic heterocycles. The van der Waals surface area contributed by atoms with Crippen LogP contribution in [0.1, 0.15) is 13.8 Å². The predicted octanol–water partition coefficient (Wildman–Crippen LogP) is 2.73. The average molecular weight is 323 g/mol. The van der Waals surface area contributed by atoms with Gasteiger partial charge in [-0.1, -0.05) is 12.1 Å². The molecule has 1 fully saturated rings. The monoisotopic (exact) mass is 322 g/mol. The molecule has 2 heterocycles. The lowest BCUT2D eigenvalue weighted by Gasteiger charge is -2.30. The van der Waals surface area contributed by atoms with Gasteiger partial charge in [-0.2, -0.15) is 4.98 Å². The molecule has 0 amide bonds. The average Bonchev–Trinajstić information content (AvgIpc) is 2.56. The molecule has 120 valence electrons. The molecule has 1 aliphatic heterocycles. The van der Waals surface area contributed by atoms with Crippen molar-refractivity contribution < 1.29 is 4.74 Å². The first-order chi connectivity index (χ1) is 10.3. The van der Waals surface area contributed by atoms with E-state index in [2.05, 4.69) is 35.8 Å². The van der Waals surface area contributed by atoms with Crippen LogP contribution in [0.25, 0.3) is 10.9 Å². The minimum absolute atomic E-state index is 0. The molecule has 0 radical (unpaired) electrons. The second-order valence-corrected chi connectivity index (χ2v) is 5.14. The molecule has 0 unspecified atom stereocenters. The van der Waals surface area contributed by atoms with Crippen LogP contribution in [-0.4, -0.2) is 49.4 Å². The van der Waals surface area contributed by atoms with Gasteiger partial charge in [-0.05, 0) is 26.0 Å². The highest BCUT2D eigenvalue weighted by Gasteiger charge is 2.18. The standard InChI is InChI=1S/C16H22N4O.ClH/c1-3-19(4-2)16-17-14-8-6-5-7-13(14)15(18-16)20-9-11-21-12-10-20;/h5-8H,3-4,9-12H2,1-2H3;1H. The van der Waals surface area contributed by atoms with Gasteiger partial charge in [0.05, 0.1) is 18.7 Å². The summed E-state index contributed by atoms with van der Waals surface area (Å²) in [5.74, 6) is 1.85. The maximum Gasteiger partial charge on any atom is 0.227 e. The van der Waals surface area contributed by atoms with E-state index < -0.39 is 0 Å². The molecule has 0 saturated carbocycles. The Kier molecular flexibility index (Phi) is 5.80. The highest BCUT2D eigenvalue weighted by Crippen LogP contribution is 2.27. The zero-order valence-corrected chi connectivity index (χ0v) is 14.0. The van der Waals surface area contributed by atoms with Crippen LogP contribution >= 0.6 is 12.4 Å². The van der Waals surface area contributed by atoms with Gasteiger partial charge in [0.1, 0.15) is 5.82 Å². The Balaban J connectivity index is 0.00000176. The lowest BCUT2D eigenvalue weighted by atomic mass is 10.2. The Hall–Kier alpha value is -1.59. The summed E-state index contributed by atoms with van der Waals surface area (Å²) >= 11 is 0. The van der Waals surface area contributed by atoms with Crippen LogP contribution < -0.4 is 9.80 Å². The van der Waals surface area contributed by atoms with Crippen LogP contribution in [0.15, 0.2) is 24.3 Å². The molecule has 1 aliphatic rings. The molecular formula is C16H23ClN4O. The lowest BCUT2D eigenvalue weighted by molar-refractivity contribution is 0.122. The number of rotatable bonds is 4. The maximum atomic E-state index is 5.46. The molecule has 6 heteroatoms. The zero-order valence-electron chi connectivity index (χ0n) is 13.2. The van der Waals surface area contributed by atoms with E-state index in [0.717, 1.165) is 62.1 Å². The fraction of sp³-hybridized carbons (Fsp3) is 0.500. The van der Waals surface area contributed by atoms with E-state index in [9.17, 15) is 0 Å². The number of fused-ring (bicyclic) bond motifs is 1. The summed E-state index contributed by atoms with van der Waals surface area (Å²) < 4.78 is 5.46. The van der Waals surface area contributed by atoms with Crippen LogP contribution in [0, 0.1) is 0 Å². The lowest BCUT2D eigenvalue weighted by Crippen LogP contribution is -2.37. The van der Waals surface area contributed by atoms with Crippen LogP contribution in [0.3, 0.4) is 0 Å². The van der Waals surface area contributed by atoms with Gasteiger partial charge in [0.25, 0.3) is 0 Å². The number of para-hydroxylation sites is 1. The van der Waals surface area contributed by atoms with Gasteiger partial charge in [-0.25, -0.2) is 4.98 Å². The minimum atomic E-state index is 0. The molecule has 0 N–H and O–H groups in total. The topological polar surface area (TPSA) is 41.5 Å². The predicted molar refractivity (Wildman–Crippen MR) is 93.4 cm³/mol. The number of halogens is 1. The summed E-state index contributed by atoms with van der Waals surface area (Å²) in [6, 6.07) is 8.25. The van der Waals surface area contributed by atoms with Crippen LogP contribution in [0.5, 0.6) is 0 Å². The molecule has 22 heavy (non-hydrogen) atoms. The number of nitrogens with zero attached hydrogens (tertiary/aromatic N) is 4. The second-order valence-electron chi connectivity index (χ2n) is 5.14. The van der Waals surface area contributed by atoms with Gasteiger partial charge in [0.2, 0.25) is 5.95 Å². The third kappa shape index (κ3) is 3.25. The van der Waals surface area contributed by atoms with Gasteiger partial charge in [-0.3, -0.25) is 0 Å². The Bertz CT molecular complexity index is 612. The molecular weight excluding hydrogens is 300 g/mol. The Morgan fingerprint density at radius 2 is 1.77 bits per heavy atom. The number of ether oxygens (including phenoxy) is 1. The van der Waals surface area contributed by atoms with Crippen molar-refractivity contribution >= 4 is 35.1 Å². The number of hydrogen-bond acceptors (Lipinski definition) is 5. The summed E-state index contributed by atoms with van der Waals surface area (Å²) in [7, 11) is 0. The highest BCUT2D eigenvalue weighted by molar-refractivity contribution is 5.90. The van der Waals surface area contributed by atoms with Crippen molar-refractivity contribution in [2.24, 2.45) is 0 Å². The van der Waals surface area contributed by atoms with Crippen molar-refractivity contribution in [3.63, 3.8) is 0 Å². The van der Waals surface area contributed by atoms with Crippen LogP contribution in [0.4, 0.5) is 11.8 Å². The number of aromatic nitrogens is 2. The number of anilines is 2. The van der Waals surface area contributed by atoms with Crippen LogP contribution in [0.2, 0.25) is 0 Å². The van der Waals surface area contributed by atoms with Gasteiger partial charge in [0.15, 0.2) is 0 Å². The third-order valence-electron chi connectivity index (χ3n) is 3.93. The first-order valence-electron chi connectivity index (χ1n) is 7.68. The molecule has 0 spiro atoms. The van der Waals surface area contributed by atoms with Gasteiger partial charge < -0.3 is 14.5 Å². The van der Waals surface area contributed by atoms with Crippen molar-refractivity contribution in [1.29, 1.82) is 0 Å². The van der Waals surface area contributed by atoms with E-state index in [-0.39, 0.29) is 12.4 Å². The van der Waals surface area contributed by atoms with Crippen molar-refractivity contribution in [2.45, 2.75) is 13.8 Å². The van der Waals surface area contributed by atoms with Crippen molar-refractivity contribution in [3.05, 3.63) is 24.3 Å². The van der Waals surface area contributed by atoms with E-state index >= 15 is 0 Å². The fourth-order valence-corrected chi connectivity index (χ4v) is 2.71. The second kappa shape index (κ2) is 7.61. The molecule has 1 saturated heterocycles. The minimum Gasteiger partial charge on any atom is -0.378 e. The van der Waals surface area contributed by atoms with E-state index in [1.807, 2.05) is 12.1 Å². The number of hydrogen-bond donors (Lipinski definition) is 0. The third-order valence-corrected chi connectivity index (χ3v) is 3.93. The molecule has 0 aliphatic carbocycles. The molecule has 0 bridgehead atoms. The number of benzene rings is 1. The Morgan fingerprint density at radius 1 is 1.09 bits per heavy atom. The number of morpholine rings is 1. The molecule has 3 rings (SSSR count). The molecule has 2 aromatic rings. The summed E-state index contributed by atoms with van der Waals surface area (Å²) in [6.07, 6.45) is 0. The summed E-state index contributed by atoms with van der Waals surface area (Å²) in [6.45, 7) is 9.40. The summed E-state index contributed by atoms with van der Waals surface area (Å²) in [5.41, 5.74) is 1.01. The molecule has 1 aromatic carbocycles. The zero-order chi connectivity index (χ0) is 14.7. The largest absolute Gasteiger partial charge is 0.378 e. The molecule has 0 atom stereocenters. The first-order valence-corrected chi connectivity index (χ1v) is 7.68. The van der Waals surface area contributed by atoms with E-state index in [1.54, 1.807) is 0 Å². The normalized spacial score (nSPS) is 14.7. The fourth-order valence-electron chi connectivity index (χ4n) is 2.71. The van der Waals surface area contributed by atoms with Crippen molar-refractivity contribution in [3.8, 4) is 0 Å². The Morgan fingerprint density at radius 3 is 2.45 bits per heavy atom. The smallest absolute Gasteiger partial charge is 0.227 e. The SMILES string of the molecule is CCN(CC)c1nc(N2CCOCC2)c2ccccc2n1.Cl.